The van der Waals surface area contributed by atoms with Gasteiger partial charge < -0.3 is 4.84 Å². The zero-order chi connectivity index (χ0) is 13.3. The summed E-state index contributed by atoms with van der Waals surface area (Å²) in [6, 6.07) is 1.52. The van der Waals surface area contributed by atoms with Crippen LogP contribution in [0.25, 0.3) is 0 Å². The van der Waals surface area contributed by atoms with E-state index in [4.69, 9.17) is 4.84 Å². The van der Waals surface area contributed by atoms with Gasteiger partial charge in [-0.1, -0.05) is 0 Å². The van der Waals surface area contributed by atoms with Crippen LogP contribution in [-0.4, -0.2) is 27.8 Å². The number of hydrogen-bond donors (Lipinski definition) is 0. The van der Waals surface area contributed by atoms with Gasteiger partial charge >= 0.3 is 5.97 Å². The smallest absolute Gasteiger partial charge is 0.325 e. The molecule has 2 amide bonds. The van der Waals surface area contributed by atoms with Crippen LogP contribution in [0.3, 0.4) is 0 Å². The van der Waals surface area contributed by atoms with Crippen molar-refractivity contribution in [2.45, 2.75) is 19.8 Å². The summed E-state index contributed by atoms with van der Waals surface area (Å²) in [5.41, 5.74) is 0.666. The van der Waals surface area contributed by atoms with E-state index in [0.29, 0.717) is 15.2 Å². The molecule has 94 valence electrons. The van der Waals surface area contributed by atoms with Crippen molar-refractivity contribution in [1.82, 2.24) is 10.0 Å². The van der Waals surface area contributed by atoms with E-state index in [0.717, 1.165) is 0 Å². The number of imide groups is 1. The van der Waals surface area contributed by atoms with Gasteiger partial charge in [0.05, 0.1) is 11.3 Å². The van der Waals surface area contributed by atoms with Crippen LogP contribution in [0.4, 0.5) is 0 Å². The molecule has 0 aliphatic carbocycles. The van der Waals surface area contributed by atoms with Crippen LogP contribution in [0.15, 0.2) is 16.7 Å². The molecule has 0 spiro atoms. The highest BCUT2D eigenvalue weighted by Gasteiger charge is 2.33. The lowest BCUT2D eigenvalue weighted by Gasteiger charge is -2.13. The standard InChI is InChI=1S/C11H9BrN2O4/c1-6-8(4-7(12)5-13-6)11(17)18-14-9(15)2-3-10(14)16/h4-5H,2-3H2,1H3. The first-order chi connectivity index (χ1) is 8.49. The van der Waals surface area contributed by atoms with Gasteiger partial charge in [-0.05, 0) is 28.9 Å². The molecule has 7 heteroatoms. The molecule has 0 aromatic carbocycles. The number of hydrogen-bond acceptors (Lipinski definition) is 5. The SMILES string of the molecule is Cc1ncc(Br)cc1C(=O)ON1C(=O)CCC1=O. The summed E-state index contributed by atoms with van der Waals surface area (Å²) < 4.78 is 0.610. The second-order valence-electron chi connectivity index (χ2n) is 3.75. The van der Waals surface area contributed by atoms with E-state index in [1.807, 2.05) is 0 Å². The number of pyridine rings is 1. The lowest BCUT2D eigenvalue weighted by molar-refractivity contribution is -0.172. The Morgan fingerprint density at radius 3 is 2.61 bits per heavy atom. The van der Waals surface area contributed by atoms with Crippen molar-refractivity contribution >= 4 is 33.7 Å². The molecule has 0 unspecified atom stereocenters. The molecule has 6 nitrogen and oxygen atoms in total. The molecule has 1 aliphatic rings. The number of carbonyl (C=O) groups excluding carboxylic acids is 3. The molecule has 0 bridgehead atoms. The summed E-state index contributed by atoms with van der Waals surface area (Å²) in [6.07, 6.45) is 1.68. The van der Waals surface area contributed by atoms with Crippen LogP contribution in [0.1, 0.15) is 28.9 Å². The zero-order valence-electron chi connectivity index (χ0n) is 9.47. The number of halogens is 1. The fourth-order valence-electron chi connectivity index (χ4n) is 1.50. The third-order valence-corrected chi connectivity index (χ3v) is 2.89. The molecular weight excluding hydrogens is 304 g/mol. The predicted octanol–water partition coefficient (Wildman–Crippen LogP) is 1.37. The van der Waals surface area contributed by atoms with Crippen molar-refractivity contribution in [2.75, 3.05) is 0 Å². The van der Waals surface area contributed by atoms with E-state index >= 15 is 0 Å². The molecule has 2 heterocycles. The highest BCUT2D eigenvalue weighted by atomic mass is 79.9. The summed E-state index contributed by atoms with van der Waals surface area (Å²) in [4.78, 5) is 43.2. The second kappa shape index (κ2) is 4.85. The summed E-state index contributed by atoms with van der Waals surface area (Å²) >= 11 is 3.18. The van der Waals surface area contributed by atoms with Gasteiger partial charge in [0.25, 0.3) is 11.8 Å². The van der Waals surface area contributed by atoms with Crippen LogP contribution < -0.4 is 0 Å². The van der Waals surface area contributed by atoms with E-state index in [1.54, 1.807) is 6.92 Å². The second-order valence-corrected chi connectivity index (χ2v) is 4.66. The third kappa shape index (κ3) is 2.40. The Morgan fingerprint density at radius 2 is 2.00 bits per heavy atom. The van der Waals surface area contributed by atoms with Gasteiger partial charge in [-0.3, -0.25) is 14.6 Å². The van der Waals surface area contributed by atoms with E-state index in [2.05, 4.69) is 20.9 Å². The van der Waals surface area contributed by atoms with Crippen molar-refractivity contribution < 1.29 is 19.2 Å². The van der Waals surface area contributed by atoms with Gasteiger partial charge in [-0.25, -0.2) is 4.79 Å². The zero-order valence-corrected chi connectivity index (χ0v) is 11.1. The van der Waals surface area contributed by atoms with E-state index < -0.39 is 17.8 Å². The van der Waals surface area contributed by atoms with E-state index in [-0.39, 0.29) is 18.4 Å². The molecule has 2 rings (SSSR count). The number of rotatable bonds is 2. The summed E-state index contributed by atoms with van der Waals surface area (Å²) in [6.45, 7) is 1.64. The molecule has 1 saturated heterocycles. The van der Waals surface area contributed by atoms with Gasteiger partial charge in [0, 0.05) is 23.5 Å². The largest absolute Gasteiger partial charge is 0.365 e. The number of amides is 2. The van der Waals surface area contributed by atoms with Gasteiger partial charge in [0.1, 0.15) is 0 Å². The summed E-state index contributed by atoms with van der Waals surface area (Å²) in [5.74, 6) is -1.78. The van der Waals surface area contributed by atoms with Crippen LogP contribution in [0, 0.1) is 6.92 Å². The number of hydroxylamine groups is 2. The Kier molecular flexibility index (Phi) is 3.42. The minimum Gasteiger partial charge on any atom is -0.325 e. The average molecular weight is 313 g/mol. The molecule has 0 radical (unpaired) electrons. The molecule has 0 atom stereocenters. The average Bonchev–Trinajstić information content (AvgIpc) is 2.64. The number of nitrogens with zero attached hydrogens (tertiary/aromatic N) is 2. The Balaban J connectivity index is 2.19. The quantitative estimate of drug-likeness (QED) is 0.771. The molecule has 1 aromatic rings. The van der Waals surface area contributed by atoms with Gasteiger partial charge in [-0.2, -0.15) is 0 Å². The topological polar surface area (TPSA) is 76.6 Å². The highest BCUT2D eigenvalue weighted by molar-refractivity contribution is 9.10. The molecule has 1 aromatic heterocycles. The highest BCUT2D eigenvalue weighted by Crippen LogP contribution is 2.17. The summed E-state index contributed by atoms with van der Waals surface area (Å²) in [5, 5.41) is 0.517. The lowest BCUT2D eigenvalue weighted by atomic mass is 10.2. The number of aryl methyl sites for hydroxylation is 1. The Hall–Kier alpha value is -1.76. The molecule has 18 heavy (non-hydrogen) atoms. The normalized spacial score (nSPS) is 15.1. The fraction of sp³-hybridized carbons (Fsp3) is 0.273. The maximum atomic E-state index is 11.8. The molecule has 1 fully saturated rings. The van der Waals surface area contributed by atoms with E-state index in [1.165, 1.54) is 12.3 Å². The minimum absolute atomic E-state index is 0.0713. The van der Waals surface area contributed by atoms with E-state index in [9.17, 15) is 14.4 Å². The van der Waals surface area contributed by atoms with Crippen molar-refractivity contribution in [3.8, 4) is 0 Å². The monoisotopic (exact) mass is 312 g/mol. The van der Waals surface area contributed by atoms with Gasteiger partial charge in [0.15, 0.2) is 0 Å². The first-order valence-corrected chi connectivity index (χ1v) is 5.98. The number of carbonyl (C=O) groups is 3. The number of aromatic nitrogens is 1. The molecular formula is C11H9BrN2O4. The van der Waals surface area contributed by atoms with Crippen LogP contribution in [0.5, 0.6) is 0 Å². The Labute approximate surface area is 111 Å². The maximum Gasteiger partial charge on any atom is 0.365 e. The lowest BCUT2D eigenvalue weighted by Crippen LogP contribution is -2.32. The van der Waals surface area contributed by atoms with Crippen molar-refractivity contribution in [3.63, 3.8) is 0 Å². The summed E-state index contributed by atoms with van der Waals surface area (Å²) in [7, 11) is 0. The van der Waals surface area contributed by atoms with Crippen LogP contribution in [-0.2, 0) is 14.4 Å². The van der Waals surface area contributed by atoms with Crippen molar-refractivity contribution in [1.29, 1.82) is 0 Å². The predicted molar refractivity (Wildman–Crippen MR) is 63.2 cm³/mol. The Morgan fingerprint density at radius 1 is 1.39 bits per heavy atom. The van der Waals surface area contributed by atoms with Gasteiger partial charge in [0.2, 0.25) is 0 Å². The first-order valence-electron chi connectivity index (χ1n) is 5.19. The fourth-order valence-corrected chi connectivity index (χ4v) is 1.84. The Bertz CT molecular complexity index is 528. The van der Waals surface area contributed by atoms with Gasteiger partial charge in [-0.15, -0.1) is 5.06 Å². The molecule has 1 aliphatic heterocycles. The minimum atomic E-state index is -0.773. The van der Waals surface area contributed by atoms with Crippen LogP contribution >= 0.6 is 15.9 Å². The first kappa shape index (κ1) is 12.7. The van der Waals surface area contributed by atoms with Crippen LogP contribution in [0.2, 0.25) is 0 Å². The molecule has 0 saturated carbocycles. The third-order valence-electron chi connectivity index (χ3n) is 2.45. The van der Waals surface area contributed by atoms with Crippen molar-refractivity contribution in [3.05, 3.63) is 28.0 Å². The molecule has 0 N–H and O–H groups in total. The maximum absolute atomic E-state index is 11.8. The van der Waals surface area contributed by atoms with Crippen molar-refractivity contribution in [2.24, 2.45) is 0 Å².